The second kappa shape index (κ2) is 15.4. The lowest BCUT2D eigenvalue weighted by molar-refractivity contribution is 0.673. The van der Waals surface area contributed by atoms with Crippen molar-refractivity contribution in [2.45, 2.75) is 0 Å². The van der Waals surface area contributed by atoms with Gasteiger partial charge in [0.05, 0.1) is 38.0 Å². The molecule has 0 saturated carbocycles. The molecular weight excluding hydrogens is 849 g/mol. The number of aromatic nitrogens is 3. The summed E-state index contributed by atoms with van der Waals surface area (Å²) in [4.78, 5) is 13.2. The molecule has 4 aromatic heterocycles. The van der Waals surface area contributed by atoms with E-state index in [0.717, 1.165) is 98.4 Å². The number of para-hydroxylation sites is 1. The van der Waals surface area contributed by atoms with E-state index in [0.29, 0.717) is 5.95 Å². The van der Waals surface area contributed by atoms with Crippen LogP contribution in [0.25, 0.3) is 114 Å². The summed E-state index contributed by atoms with van der Waals surface area (Å²) in [6.07, 6.45) is 0. The molecule has 5 nitrogen and oxygen atoms in total. The molecule has 0 spiro atoms. The Morgan fingerprint density at radius 1 is 0.412 bits per heavy atom. The van der Waals surface area contributed by atoms with Gasteiger partial charge in [-0.2, -0.15) is 0 Å². The summed E-state index contributed by atoms with van der Waals surface area (Å²) >= 11 is 1.75. The first-order valence-electron chi connectivity index (χ1n) is 22.9. The van der Waals surface area contributed by atoms with Gasteiger partial charge in [0.25, 0.3) is 0 Å². The number of nitrogens with zero attached hydrogens (tertiary/aromatic N) is 4. The number of rotatable bonds is 7. The largest absolute Gasteiger partial charge is 0.455 e. The van der Waals surface area contributed by atoms with Crippen molar-refractivity contribution >= 4 is 103 Å². The van der Waals surface area contributed by atoms with Gasteiger partial charge in [0, 0.05) is 54.6 Å². The van der Waals surface area contributed by atoms with Crippen molar-refractivity contribution < 1.29 is 4.42 Å². The molecule has 0 fully saturated rings. The van der Waals surface area contributed by atoms with Crippen molar-refractivity contribution in [1.29, 1.82) is 0 Å². The minimum absolute atomic E-state index is 0.626. The highest BCUT2D eigenvalue weighted by atomic mass is 32.1. The Bertz CT molecular complexity index is 4150. The highest BCUT2D eigenvalue weighted by molar-refractivity contribution is 7.26. The summed E-state index contributed by atoms with van der Waals surface area (Å²) in [5, 5.41) is 7.65. The van der Waals surface area contributed by atoms with Crippen LogP contribution in [0, 0.1) is 0 Å². The maximum atomic E-state index is 7.28. The third-order valence-electron chi connectivity index (χ3n) is 13.4. The van der Waals surface area contributed by atoms with Crippen LogP contribution < -0.4 is 4.90 Å². The van der Waals surface area contributed by atoms with E-state index in [1.54, 1.807) is 11.3 Å². The Kier molecular flexibility index (Phi) is 8.69. The summed E-state index contributed by atoms with van der Waals surface area (Å²) in [5.41, 5.74) is 14.4. The second-order valence-electron chi connectivity index (χ2n) is 17.3. The van der Waals surface area contributed by atoms with Crippen LogP contribution in [0.4, 0.5) is 17.1 Å². The zero-order valence-electron chi connectivity index (χ0n) is 36.5. The number of hydrogen-bond acceptors (Lipinski definition) is 5. The molecule has 318 valence electrons. The first-order valence-corrected chi connectivity index (χ1v) is 23.7. The Balaban J connectivity index is 1.00. The lowest BCUT2D eigenvalue weighted by Crippen LogP contribution is -2.10. The molecule has 14 rings (SSSR count). The number of fused-ring (bicyclic) bond motifs is 12. The van der Waals surface area contributed by atoms with Crippen molar-refractivity contribution in [2.75, 3.05) is 4.90 Å². The maximum Gasteiger partial charge on any atom is 0.235 e. The predicted octanol–water partition coefficient (Wildman–Crippen LogP) is 17.5. The standard InChI is InChI=1S/C62H38N4OS/c1-4-16-39(17-5-1)41-28-32-44(33-29-41)65(45-34-30-42(31-35-45)40-18-6-2-7-19-40)53-38-54-56(47-23-11-10-22-46(47)53)50-36-37-52-57(60(50)67-54)48-24-12-14-26-51(48)66(52)62-63-58(43-20-8-3-9-21-43)61-59(64-62)49-25-13-15-27-55(49)68-61/h1-38H. The maximum absolute atomic E-state index is 7.28. The van der Waals surface area contributed by atoms with Gasteiger partial charge >= 0.3 is 0 Å². The van der Waals surface area contributed by atoms with Gasteiger partial charge in [-0.3, -0.25) is 4.57 Å². The fourth-order valence-corrected chi connectivity index (χ4v) is 11.5. The summed E-state index contributed by atoms with van der Waals surface area (Å²) in [6, 6.07) is 81.9. The molecule has 0 unspecified atom stereocenters. The van der Waals surface area contributed by atoms with Gasteiger partial charge in [-0.05, 0) is 76.2 Å². The average Bonchev–Trinajstić information content (AvgIpc) is 4.09. The van der Waals surface area contributed by atoms with Gasteiger partial charge in [-0.1, -0.05) is 176 Å². The van der Waals surface area contributed by atoms with E-state index in [1.165, 1.54) is 27.0 Å². The SMILES string of the molecule is c1ccc(-c2ccc(N(c3ccc(-c4ccccc4)cc3)c3cc4oc5c(ccc6c5c5ccccc5n6-c5nc(-c6ccccc6)c6sc7ccccc7c6n5)c4c4ccccc34)cc2)cc1. The number of benzene rings is 10. The van der Waals surface area contributed by atoms with Crippen LogP contribution >= 0.6 is 11.3 Å². The highest BCUT2D eigenvalue weighted by Gasteiger charge is 2.25. The molecule has 10 aromatic carbocycles. The molecule has 0 aliphatic rings. The van der Waals surface area contributed by atoms with Crippen LogP contribution in [-0.4, -0.2) is 14.5 Å². The third kappa shape index (κ3) is 6.01. The molecule has 0 bridgehead atoms. The molecule has 0 radical (unpaired) electrons. The van der Waals surface area contributed by atoms with Gasteiger partial charge in [0.2, 0.25) is 5.95 Å². The van der Waals surface area contributed by atoms with Crippen LogP contribution in [0.1, 0.15) is 0 Å². The molecular formula is C62H38N4OS. The molecule has 6 heteroatoms. The Morgan fingerprint density at radius 2 is 0.956 bits per heavy atom. The van der Waals surface area contributed by atoms with E-state index >= 15 is 0 Å². The molecule has 0 amide bonds. The summed E-state index contributed by atoms with van der Waals surface area (Å²) in [5.74, 6) is 0.626. The molecule has 0 aliphatic heterocycles. The molecule has 14 aromatic rings. The van der Waals surface area contributed by atoms with Gasteiger partial charge in [-0.25, -0.2) is 9.97 Å². The van der Waals surface area contributed by atoms with Gasteiger partial charge < -0.3 is 9.32 Å². The minimum atomic E-state index is 0.626. The Hall–Kier alpha value is -8.84. The quantitative estimate of drug-likeness (QED) is 0.160. The van der Waals surface area contributed by atoms with Crippen molar-refractivity contribution in [3.05, 3.63) is 231 Å². The van der Waals surface area contributed by atoms with Gasteiger partial charge in [0.15, 0.2) is 0 Å². The van der Waals surface area contributed by atoms with Crippen LogP contribution in [-0.2, 0) is 0 Å². The number of hydrogen-bond donors (Lipinski definition) is 0. The van der Waals surface area contributed by atoms with E-state index in [2.05, 4.69) is 240 Å². The lowest BCUT2D eigenvalue weighted by Gasteiger charge is -2.27. The lowest BCUT2D eigenvalue weighted by atomic mass is 9.99. The molecule has 0 atom stereocenters. The number of furan rings is 1. The van der Waals surface area contributed by atoms with E-state index in [9.17, 15) is 0 Å². The molecule has 0 aliphatic carbocycles. The van der Waals surface area contributed by atoms with Crippen LogP contribution in [0.15, 0.2) is 235 Å². The van der Waals surface area contributed by atoms with Crippen LogP contribution in [0.5, 0.6) is 0 Å². The van der Waals surface area contributed by atoms with Crippen molar-refractivity contribution in [3.8, 4) is 39.5 Å². The number of anilines is 3. The van der Waals surface area contributed by atoms with Crippen molar-refractivity contribution in [1.82, 2.24) is 14.5 Å². The first-order chi connectivity index (χ1) is 33.7. The van der Waals surface area contributed by atoms with Crippen LogP contribution in [0.3, 0.4) is 0 Å². The monoisotopic (exact) mass is 886 g/mol. The predicted molar refractivity (Wildman–Crippen MR) is 285 cm³/mol. The van der Waals surface area contributed by atoms with Gasteiger partial charge in [0.1, 0.15) is 11.2 Å². The molecule has 68 heavy (non-hydrogen) atoms. The smallest absolute Gasteiger partial charge is 0.235 e. The summed E-state index contributed by atoms with van der Waals surface area (Å²) in [6.45, 7) is 0. The molecule has 4 heterocycles. The third-order valence-corrected chi connectivity index (χ3v) is 14.6. The first kappa shape index (κ1) is 38.4. The highest BCUT2D eigenvalue weighted by Crippen LogP contribution is 2.48. The van der Waals surface area contributed by atoms with Crippen LogP contribution in [0.2, 0.25) is 0 Å². The Labute approximate surface area is 395 Å². The Morgan fingerprint density at radius 3 is 1.62 bits per heavy atom. The average molecular weight is 887 g/mol. The topological polar surface area (TPSA) is 47.1 Å². The molecule has 0 N–H and O–H groups in total. The summed E-state index contributed by atoms with van der Waals surface area (Å²) < 4.78 is 11.8. The van der Waals surface area contributed by atoms with E-state index < -0.39 is 0 Å². The summed E-state index contributed by atoms with van der Waals surface area (Å²) in [7, 11) is 0. The zero-order valence-corrected chi connectivity index (χ0v) is 37.4. The number of thiophene rings is 1. The van der Waals surface area contributed by atoms with E-state index in [1.807, 2.05) is 0 Å². The van der Waals surface area contributed by atoms with E-state index in [4.69, 9.17) is 14.4 Å². The molecule has 0 saturated heterocycles. The fraction of sp³-hybridized carbons (Fsp3) is 0. The van der Waals surface area contributed by atoms with Crippen molar-refractivity contribution in [2.24, 2.45) is 0 Å². The van der Waals surface area contributed by atoms with E-state index in [-0.39, 0.29) is 0 Å². The van der Waals surface area contributed by atoms with Gasteiger partial charge in [-0.15, -0.1) is 11.3 Å². The minimum Gasteiger partial charge on any atom is -0.455 e. The normalized spacial score (nSPS) is 11.8. The van der Waals surface area contributed by atoms with Crippen molar-refractivity contribution in [3.63, 3.8) is 0 Å². The second-order valence-corrected chi connectivity index (χ2v) is 18.3. The fourth-order valence-electron chi connectivity index (χ4n) is 10.3. The zero-order chi connectivity index (χ0) is 44.7.